The third kappa shape index (κ3) is 7.14. The second-order valence-electron chi connectivity index (χ2n) is 4.94. The highest BCUT2D eigenvalue weighted by Crippen LogP contribution is 2.15. The highest BCUT2D eigenvalue weighted by Gasteiger charge is 2.11. The largest absolute Gasteiger partial charge is 0.494 e. The van der Waals surface area contributed by atoms with Crippen molar-refractivity contribution in [2.75, 3.05) is 6.61 Å². The van der Waals surface area contributed by atoms with Gasteiger partial charge in [-0.15, -0.1) is 0 Å². The summed E-state index contributed by atoms with van der Waals surface area (Å²) in [6.07, 6.45) is 6.06. The molecule has 0 bridgehead atoms. The van der Waals surface area contributed by atoms with Crippen molar-refractivity contribution >= 4 is 5.97 Å². The Balaban J connectivity index is 2.34. The van der Waals surface area contributed by atoms with Gasteiger partial charge in [-0.3, -0.25) is 4.89 Å². The van der Waals surface area contributed by atoms with Crippen LogP contribution in [0.5, 0.6) is 5.75 Å². The van der Waals surface area contributed by atoms with Crippen LogP contribution >= 0.6 is 0 Å². The first-order chi connectivity index (χ1) is 10.2. The van der Waals surface area contributed by atoms with Crippen LogP contribution in [0.1, 0.15) is 63.2 Å². The molecule has 21 heavy (non-hydrogen) atoms. The van der Waals surface area contributed by atoms with Crippen LogP contribution in [0.4, 0.5) is 0 Å². The Hall–Kier alpha value is -1.55. The molecule has 117 valence electrons. The highest BCUT2D eigenvalue weighted by molar-refractivity contribution is 5.89. The van der Waals surface area contributed by atoms with E-state index in [1.54, 1.807) is 31.2 Å². The van der Waals surface area contributed by atoms with Gasteiger partial charge in [0.25, 0.3) is 0 Å². The lowest BCUT2D eigenvalue weighted by atomic mass is 10.2. The first-order valence-electron chi connectivity index (χ1n) is 7.61. The molecule has 0 heterocycles. The molecule has 0 spiro atoms. The summed E-state index contributed by atoms with van der Waals surface area (Å²) in [5, 5.41) is 0. The molecule has 0 aliphatic rings. The van der Waals surface area contributed by atoms with E-state index in [2.05, 4.69) is 6.92 Å². The average Bonchev–Trinajstić information content (AvgIpc) is 2.52. The van der Waals surface area contributed by atoms with Crippen LogP contribution in [0.15, 0.2) is 24.3 Å². The van der Waals surface area contributed by atoms with Gasteiger partial charge >= 0.3 is 5.97 Å². The predicted molar refractivity (Wildman–Crippen MR) is 81.8 cm³/mol. The van der Waals surface area contributed by atoms with E-state index >= 15 is 0 Å². The SMILES string of the molecule is CCCCCCOc1ccc(C(=O)OO[C](C)CC)cc1. The summed E-state index contributed by atoms with van der Waals surface area (Å²) in [4.78, 5) is 21.3. The van der Waals surface area contributed by atoms with Crippen LogP contribution in [0.3, 0.4) is 0 Å². The normalized spacial score (nSPS) is 10.7. The van der Waals surface area contributed by atoms with E-state index in [1.807, 2.05) is 6.92 Å². The summed E-state index contributed by atoms with van der Waals surface area (Å²) in [7, 11) is 0. The number of carbonyl (C=O) groups excluding carboxylic acids is 1. The molecule has 1 radical (unpaired) electrons. The Labute approximate surface area is 127 Å². The molecule has 0 aromatic heterocycles. The Bertz CT molecular complexity index is 400. The van der Waals surface area contributed by atoms with Crippen molar-refractivity contribution in [2.24, 2.45) is 0 Å². The maximum Gasteiger partial charge on any atom is 0.373 e. The molecule has 0 aliphatic carbocycles. The molecule has 0 saturated carbocycles. The number of benzene rings is 1. The smallest absolute Gasteiger partial charge is 0.373 e. The van der Waals surface area contributed by atoms with Gasteiger partial charge < -0.3 is 4.74 Å². The Morgan fingerprint density at radius 1 is 1.00 bits per heavy atom. The zero-order chi connectivity index (χ0) is 15.5. The molecule has 4 nitrogen and oxygen atoms in total. The van der Waals surface area contributed by atoms with Gasteiger partial charge in [0.15, 0.2) is 0 Å². The van der Waals surface area contributed by atoms with E-state index in [1.165, 1.54) is 19.3 Å². The second kappa shape index (κ2) is 10.2. The van der Waals surface area contributed by atoms with Gasteiger partial charge in [-0.1, -0.05) is 33.1 Å². The number of hydrogen-bond acceptors (Lipinski definition) is 4. The lowest BCUT2D eigenvalue weighted by Crippen LogP contribution is -2.08. The van der Waals surface area contributed by atoms with Gasteiger partial charge in [0.2, 0.25) is 0 Å². The number of ether oxygens (including phenoxy) is 1. The zero-order valence-electron chi connectivity index (χ0n) is 13.2. The molecule has 1 aromatic rings. The van der Waals surface area contributed by atoms with Gasteiger partial charge in [0.05, 0.1) is 12.2 Å². The van der Waals surface area contributed by atoms with Gasteiger partial charge in [-0.05, 0) is 44.0 Å². The van der Waals surface area contributed by atoms with E-state index in [0.29, 0.717) is 24.7 Å². The number of hydrogen-bond donors (Lipinski definition) is 0. The third-order valence-electron chi connectivity index (χ3n) is 3.11. The molecule has 4 heteroatoms. The summed E-state index contributed by atoms with van der Waals surface area (Å²) >= 11 is 0. The van der Waals surface area contributed by atoms with Crippen LogP contribution < -0.4 is 4.74 Å². The molecule has 0 unspecified atom stereocenters. The van der Waals surface area contributed by atoms with Gasteiger partial charge in [-0.2, -0.15) is 4.89 Å². The standard InChI is InChI=1S/C17H25O4/c1-4-6-7-8-13-19-16-11-9-15(10-12-16)17(18)21-20-14(3)5-2/h9-12H,4-8,13H2,1-3H3. The van der Waals surface area contributed by atoms with Crippen molar-refractivity contribution in [1.82, 2.24) is 0 Å². The zero-order valence-corrected chi connectivity index (χ0v) is 13.2. The molecule has 0 N–H and O–H groups in total. The molecule has 0 saturated heterocycles. The number of rotatable bonds is 10. The number of carbonyl (C=O) groups is 1. The summed E-state index contributed by atoms with van der Waals surface area (Å²) in [6.45, 7) is 6.58. The summed E-state index contributed by atoms with van der Waals surface area (Å²) < 4.78 is 5.62. The molecular formula is C17H25O4. The molecular weight excluding hydrogens is 268 g/mol. The molecule has 0 fully saturated rings. The topological polar surface area (TPSA) is 44.8 Å². The molecule has 1 rings (SSSR count). The van der Waals surface area contributed by atoms with E-state index in [-0.39, 0.29) is 0 Å². The Kier molecular flexibility index (Phi) is 8.51. The van der Waals surface area contributed by atoms with Crippen LogP contribution in [-0.4, -0.2) is 12.6 Å². The van der Waals surface area contributed by atoms with Crippen LogP contribution in [0.2, 0.25) is 0 Å². The first kappa shape index (κ1) is 17.5. The predicted octanol–water partition coefficient (Wildman–Crippen LogP) is 4.70. The van der Waals surface area contributed by atoms with Crippen molar-refractivity contribution in [1.29, 1.82) is 0 Å². The minimum Gasteiger partial charge on any atom is -0.494 e. The minimum atomic E-state index is -0.503. The summed E-state index contributed by atoms with van der Waals surface area (Å²) in [6, 6.07) is 6.89. The third-order valence-corrected chi connectivity index (χ3v) is 3.11. The molecule has 0 aliphatic heterocycles. The van der Waals surface area contributed by atoms with Gasteiger partial charge in [0, 0.05) is 0 Å². The summed E-state index contributed by atoms with van der Waals surface area (Å²) in [5.74, 6) is 0.262. The van der Waals surface area contributed by atoms with Crippen molar-refractivity contribution in [3.63, 3.8) is 0 Å². The highest BCUT2D eigenvalue weighted by atomic mass is 17.2. The van der Waals surface area contributed by atoms with E-state index in [9.17, 15) is 4.79 Å². The molecule has 1 aromatic carbocycles. The van der Waals surface area contributed by atoms with Crippen molar-refractivity contribution in [2.45, 2.75) is 52.9 Å². The van der Waals surface area contributed by atoms with Crippen molar-refractivity contribution < 1.29 is 19.3 Å². The fourth-order valence-corrected chi connectivity index (χ4v) is 1.62. The lowest BCUT2D eigenvalue weighted by molar-refractivity contribution is -0.232. The van der Waals surface area contributed by atoms with Crippen molar-refractivity contribution in [3.8, 4) is 5.75 Å². The van der Waals surface area contributed by atoms with Crippen LogP contribution in [-0.2, 0) is 9.78 Å². The first-order valence-corrected chi connectivity index (χ1v) is 7.61. The van der Waals surface area contributed by atoms with Crippen molar-refractivity contribution in [3.05, 3.63) is 35.9 Å². The second-order valence-corrected chi connectivity index (χ2v) is 4.94. The van der Waals surface area contributed by atoms with Gasteiger partial charge in [-0.25, -0.2) is 4.79 Å². The number of unbranched alkanes of at least 4 members (excludes halogenated alkanes) is 3. The quantitative estimate of drug-likeness (QED) is 0.356. The monoisotopic (exact) mass is 293 g/mol. The maximum absolute atomic E-state index is 11.7. The summed E-state index contributed by atoms with van der Waals surface area (Å²) in [5.41, 5.74) is 0.442. The van der Waals surface area contributed by atoms with Crippen LogP contribution in [0, 0.1) is 6.10 Å². The minimum absolute atomic E-state index is 0.442. The van der Waals surface area contributed by atoms with E-state index < -0.39 is 5.97 Å². The fraction of sp³-hybridized carbons (Fsp3) is 0.529. The van der Waals surface area contributed by atoms with E-state index in [0.717, 1.165) is 12.2 Å². The molecule has 0 atom stereocenters. The average molecular weight is 293 g/mol. The lowest BCUT2D eigenvalue weighted by Gasteiger charge is -2.08. The van der Waals surface area contributed by atoms with E-state index in [4.69, 9.17) is 14.5 Å². The molecule has 0 amide bonds. The van der Waals surface area contributed by atoms with Gasteiger partial charge in [0.1, 0.15) is 11.9 Å². The fourth-order valence-electron chi connectivity index (χ4n) is 1.62. The Morgan fingerprint density at radius 3 is 2.33 bits per heavy atom. The maximum atomic E-state index is 11.7. The van der Waals surface area contributed by atoms with Crippen LogP contribution in [0.25, 0.3) is 0 Å². The Morgan fingerprint density at radius 2 is 1.71 bits per heavy atom.